The zero-order valence-corrected chi connectivity index (χ0v) is 12.8. The van der Waals surface area contributed by atoms with Gasteiger partial charge in [-0.15, -0.1) is 0 Å². The Hall–Kier alpha value is -2.20. The summed E-state index contributed by atoms with van der Waals surface area (Å²) in [5, 5.41) is 0. The van der Waals surface area contributed by atoms with Gasteiger partial charge in [-0.1, -0.05) is 13.0 Å². The zero-order valence-electron chi connectivity index (χ0n) is 12.8. The van der Waals surface area contributed by atoms with E-state index in [1.807, 2.05) is 25.5 Å². The van der Waals surface area contributed by atoms with Gasteiger partial charge in [0.15, 0.2) is 0 Å². The first-order valence-electron chi connectivity index (χ1n) is 7.59. The van der Waals surface area contributed by atoms with Gasteiger partial charge in [-0.2, -0.15) is 0 Å². The molecule has 0 radical (unpaired) electrons. The van der Waals surface area contributed by atoms with Crippen LogP contribution in [-0.2, 0) is 22.6 Å². The summed E-state index contributed by atoms with van der Waals surface area (Å²) in [7, 11) is 1.83. The van der Waals surface area contributed by atoms with Crippen LogP contribution < -0.4 is 4.90 Å². The van der Waals surface area contributed by atoms with Gasteiger partial charge in [-0.25, -0.2) is 0 Å². The Morgan fingerprint density at radius 2 is 2.18 bits per heavy atom. The maximum atomic E-state index is 11.8. The molecule has 2 aliphatic heterocycles. The van der Waals surface area contributed by atoms with Crippen LogP contribution in [0.5, 0.6) is 0 Å². The molecule has 0 bridgehead atoms. The molecule has 0 aliphatic carbocycles. The number of hydrogen-bond donors (Lipinski definition) is 0. The number of fused-ring (bicyclic) bond motifs is 2. The van der Waals surface area contributed by atoms with Gasteiger partial charge in [0.05, 0.1) is 19.6 Å². The molecule has 0 saturated heterocycles. The maximum Gasteiger partial charge on any atom is 0.231 e. The number of pyridine rings is 1. The van der Waals surface area contributed by atoms with E-state index in [-0.39, 0.29) is 5.91 Å². The number of hydrogen-bond acceptors (Lipinski definition) is 3. The van der Waals surface area contributed by atoms with Crippen LogP contribution in [0.4, 0.5) is 5.69 Å². The topological polar surface area (TPSA) is 42.4 Å². The average molecular weight is 294 g/mol. The molecule has 1 aromatic heterocycles. The molecule has 2 aliphatic rings. The molecule has 1 unspecified atom stereocenters. The minimum absolute atomic E-state index is 0.150. The van der Waals surface area contributed by atoms with Crippen molar-refractivity contribution in [1.82, 2.24) is 4.98 Å². The van der Waals surface area contributed by atoms with Gasteiger partial charge >= 0.3 is 0 Å². The summed E-state index contributed by atoms with van der Waals surface area (Å²) in [5.41, 5.74) is 6.84. The van der Waals surface area contributed by atoms with Crippen molar-refractivity contribution < 1.29 is 9.53 Å². The lowest BCUT2D eigenvalue weighted by atomic mass is 9.90. The van der Waals surface area contributed by atoms with Crippen LogP contribution in [0, 0.1) is 0 Å². The Labute approximate surface area is 129 Å². The highest BCUT2D eigenvalue weighted by Gasteiger charge is 2.25. The van der Waals surface area contributed by atoms with Crippen LogP contribution in [0.25, 0.3) is 11.1 Å². The molecule has 3 heterocycles. The molecule has 22 heavy (non-hydrogen) atoms. The Bertz CT molecular complexity index is 770. The molecule has 0 spiro atoms. The molecule has 4 heteroatoms. The number of benzene rings is 1. The van der Waals surface area contributed by atoms with Crippen LogP contribution in [0.3, 0.4) is 0 Å². The van der Waals surface area contributed by atoms with Crippen LogP contribution >= 0.6 is 0 Å². The van der Waals surface area contributed by atoms with Gasteiger partial charge in [0.2, 0.25) is 5.91 Å². The Kier molecular flexibility index (Phi) is 3.01. The molecule has 1 amide bonds. The molecular formula is C18H18N2O2. The molecule has 112 valence electrons. The molecule has 0 fully saturated rings. The van der Waals surface area contributed by atoms with E-state index in [0.717, 1.165) is 29.0 Å². The molecule has 4 rings (SSSR count). The minimum Gasteiger partial charge on any atom is -0.376 e. The summed E-state index contributed by atoms with van der Waals surface area (Å²) in [6.07, 6.45) is 4.34. The van der Waals surface area contributed by atoms with Crippen LogP contribution in [0.15, 0.2) is 30.6 Å². The standard InChI is InChI=1S/C18H18N2O2/c1-11-9-22-10-16-14(11)7-19-8-15(16)12-3-4-17-13(5-12)6-18(21)20(17)2/h3-5,7-8,11H,6,9-10H2,1-2H3. The van der Waals surface area contributed by atoms with E-state index in [0.29, 0.717) is 18.9 Å². The van der Waals surface area contributed by atoms with Gasteiger partial charge < -0.3 is 9.64 Å². The lowest BCUT2D eigenvalue weighted by Crippen LogP contribution is -2.20. The first-order valence-corrected chi connectivity index (χ1v) is 7.59. The molecule has 1 aromatic carbocycles. The molecule has 0 N–H and O–H groups in total. The highest BCUT2D eigenvalue weighted by atomic mass is 16.5. The van der Waals surface area contributed by atoms with Gasteiger partial charge in [-0.3, -0.25) is 9.78 Å². The third-order valence-electron chi connectivity index (χ3n) is 4.70. The summed E-state index contributed by atoms with van der Waals surface area (Å²) in [6, 6.07) is 6.22. The van der Waals surface area contributed by atoms with Crippen molar-refractivity contribution in [1.29, 1.82) is 0 Å². The predicted octanol–water partition coefficient (Wildman–Crippen LogP) is 2.90. The third-order valence-corrected chi connectivity index (χ3v) is 4.70. The Morgan fingerprint density at radius 1 is 1.32 bits per heavy atom. The third kappa shape index (κ3) is 1.95. The largest absolute Gasteiger partial charge is 0.376 e. The summed E-state index contributed by atoms with van der Waals surface area (Å²) in [5.74, 6) is 0.524. The number of amides is 1. The Balaban J connectivity index is 1.83. The van der Waals surface area contributed by atoms with Gasteiger partial charge in [0.25, 0.3) is 0 Å². The van der Waals surface area contributed by atoms with Crippen molar-refractivity contribution in [2.45, 2.75) is 25.9 Å². The lowest BCUT2D eigenvalue weighted by molar-refractivity contribution is -0.117. The van der Waals surface area contributed by atoms with E-state index in [1.165, 1.54) is 11.1 Å². The van der Waals surface area contributed by atoms with Gasteiger partial charge in [-0.05, 0) is 34.4 Å². The second-order valence-corrected chi connectivity index (χ2v) is 6.14. The second-order valence-electron chi connectivity index (χ2n) is 6.14. The van der Waals surface area contributed by atoms with Crippen molar-refractivity contribution in [2.24, 2.45) is 0 Å². The number of carbonyl (C=O) groups excluding carboxylic acids is 1. The summed E-state index contributed by atoms with van der Waals surface area (Å²) >= 11 is 0. The summed E-state index contributed by atoms with van der Waals surface area (Å²) < 4.78 is 5.71. The predicted molar refractivity (Wildman–Crippen MR) is 84.9 cm³/mol. The number of ether oxygens (including phenoxy) is 1. The SMILES string of the molecule is CC1COCc2c(-c3ccc4c(c3)CC(=O)N4C)cncc21. The van der Waals surface area contributed by atoms with E-state index in [1.54, 1.807) is 4.90 Å². The van der Waals surface area contributed by atoms with Crippen molar-refractivity contribution in [2.75, 3.05) is 18.6 Å². The van der Waals surface area contributed by atoms with Crippen molar-refractivity contribution in [3.63, 3.8) is 0 Å². The quantitative estimate of drug-likeness (QED) is 0.812. The van der Waals surface area contributed by atoms with E-state index < -0.39 is 0 Å². The maximum absolute atomic E-state index is 11.8. The molecule has 1 atom stereocenters. The molecule has 4 nitrogen and oxygen atoms in total. The second kappa shape index (κ2) is 4.92. The highest BCUT2D eigenvalue weighted by molar-refractivity contribution is 6.01. The Morgan fingerprint density at radius 3 is 3.05 bits per heavy atom. The smallest absolute Gasteiger partial charge is 0.231 e. The number of aromatic nitrogens is 1. The number of carbonyl (C=O) groups is 1. The molecular weight excluding hydrogens is 276 g/mol. The van der Waals surface area contributed by atoms with Crippen molar-refractivity contribution in [3.05, 3.63) is 47.3 Å². The van der Waals surface area contributed by atoms with Crippen molar-refractivity contribution in [3.8, 4) is 11.1 Å². The fourth-order valence-electron chi connectivity index (χ4n) is 3.40. The fraction of sp³-hybridized carbons (Fsp3) is 0.333. The minimum atomic E-state index is 0.150. The summed E-state index contributed by atoms with van der Waals surface area (Å²) in [4.78, 5) is 18.0. The summed E-state index contributed by atoms with van der Waals surface area (Å²) in [6.45, 7) is 3.55. The first kappa shape index (κ1) is 13.5. The highest BCUT2D eigenvalue weighted by Crippen LogP contribution is 2.36. The van der Waals surface area contributed by atoms with Gasteiger partial charge in [0, 0.05) is 36.6 Å². The van der Waals surface area contributed by atoms with E-state index in [4.69, 9.17) is 4.74 Å². The number of rotatable bonds is 1. The van der Waals surface area contributed by atoms with E-state index in [2.05, 4.69) is 24.0 Å². The molecule has 2 aromatic rings. The first-order chi connectivity index (χ1) is 10.6. The van der Waals surface area contributed by atoms with Crippen LogP contribution in [0.1, 0.15) is 29.5 Å². The van der Waals surface area contributed by atoms with E-state index >= 15 is 0 Å². The zero-order chi connectivity index (χ0) is 15.3. The lowest BCUT2D eigenvalue weighted by Gasteiger charge is -2.24. The van der Waals surface area contributed by atoms with Crippen molar-refractivity contribution >= 4 is 11.6 Å². The fourth-order valence-corrected chi connectivity index (χ4v) is 3.40. The van der Waals surface area contributed by atoms with Crippen LogP contribution in [0.2, 0.25) is 0 Å². The average Bonchev–Trinajstić information content (AvgIpc) is 2.81. The molecule has 0 saturated carbocycles. The number of nitrogens with zero attached hydrogens (tertiary/aromatic N) is 2. The van der Waals surface area contributed by atoms with Crippen LogP contribution in [-0.4, -0.2) is 24.5 Å². The van der Waals surface area contributed by atoms with Gasteiger partial charge in [0.1, 0.15) is 0 Å². The normalized spacial score (nSPS) is 20.0. The monoisotopic (exact) mass is 294 g/mol. The number of likely N-dealkylation sites (N-methyl/N-ethyl adjacent to an activating group) is 1. The van der Waals surface area contributed by atoms with E-state index in [9.17, 15) is 4.79 Å². The number of anilines is 1.